The predicted octanol–water partition coefficient (Wildman–Crippen LogP) is 1.15. The van der Waals surface area contributed by atoms with Crippen LogP contribution in [0.25, 0.3) is 0 Å². The van der Waals surface area contributed by atoms with E-state index >= 15 is 0 Å². The van der Waals surface area contributed by atoms with Crippen molar-refractivity contribution in [2.24, 2.45) is 23.5 Å². The first-order valence-corrected chi connectivity index (χ1v) is 6.56. The Morgan fingerprint density at radius 1 is 1.53 bits per heavy atom. The van der Waals surface area contributed by atoms with E-state index in [9.17, 15) is 4.79 Å². The summed E-state index contributed by atoms with van der Waals surface area (Å²) < 4.78 is 5.04. The normalized spacial score (nSPS) is 30.9. The van der Waals surface area contributed by atoms with Gasteiger partial charge in [-0.05, 0) is 31.1 Å². The second kappa shape index (κ2) is 6.97. The van der Waals surface area contributed by atoms with Crippen molar-refractivity contribution in [3.63, 3.8) is 0 Å². The van der Waals surface area contributed by atoms with Gasteiger partial charge in [-0.15, -0.1) is 0 Å². The zero-order valence-electron chi connectivity index (χ0n) is 11.2. The molecule has 0 saturated heterocycles. The quantitative estimate of drug-likeness (QED) is 0.760. The zero-order valence-corrected chi connectivity index (χ0v) is 11.2. The van der Waals surface area contributed by atoms with Crippen LogP contribution >= 0.6 is 0 Å². The van der Waals surface area contributed by atoms with Crippen LogP contribution in [-0.4, -0.2) is 32.2 Å². The first-order chi connectivity index (χ1) is 8.04. The summed E-state index contributed by atoms with van der Waals surface area (Å²) in [5.74, 6) is 1.18. The molecule has 0 aromatic heterocycles. The Labute approximate surface area is 104 Å². The van der Waals surface area contributed by atoms with Crippen LogP contribution < -0.4 is 11.1 Å². The first-order valence-electron chi connectivity index (χ1n) is 6.56. The Bertz CT molecular complexity index is 246. The lowest BCUT2D eigenvalue weighted by atomic mass is 9.79. The molecular formula is C13H26N2O2. The van der Waals surface area contributed by atoms with Gasteiger partial charge >= 0.3 is 0 Å². The molecule has 4 atom stereocenters. The number of carbonyl (C=O) groups excluding carboxylic acids is 1. The molecule has 4 nitrogen and oxygen atoms in total. The molecule has 0 aromatic carbocycles. The minimum absolute atomic E-state index is 0.107. The van der Waals surface area contributed by atoms with Gasteiger partial charge in [-0.3, -0.25) is 4.79 Å². The summed E-state index contributed by atoms with van der Waals surface area (Å²) in [6.45, 7) is 5.60. The molecule has 4 unspecified atom stereocenters. The fourth-order valence-electron chi connectivity index (χ4n) is 2.36. The molecule has 0 aliphatic heterocycles. The highest BCUT2D eigenvalue weighted by atomic mass is 16.5. The van der Waals surface area contributed by atoms with Crippen molar-refractivity contribution in [2.45, 2.75) is 39.2 Å². The lowest BCUT2D eigenvalue weighted by Crippen LogP contribution is -2.42. The smallest absolute Gasteiger partial charge is 0.223 e. The highest BCUT2D eigenvalue weighted by Crippen LogP contribution is 2.27. The summed E-state index contributed by atoms with van der Waals surface area (Å²) >= 11 is 0. The van der Waals surface area contributed by atoms with Crippen molar-refractivity contribution in [3.05, 3.63) is 0 Å². The largest absolute Gasteiger partial charge is 0.384 e. The molecule has 3 N–H and O–H groups in total. The van der Waals surface area contributed by atoms with E-state index in [0.29, 0.717) is 25.0 Å². The minimum atomic E-state index is 0.107. The Kier molecular flexibility index (Phi) is 5.92. The van der Waals surface area contributed by atoms with Crippen LogP contribution in [0.15, 0.2) is 0 Å². The lowest BCUT2D eigenvalue weighted by molar-refractivity contribution is -0.126. The fraction of sp³-hybridized carbons (Fsp3) is 0.923. The maximum Gasteiger partial charge on any atom is 0.223 e. The van der Waals surface area contributed by atoms with Crippen LogP contribution in [0.1, 0.15) is 33.1 Å². The maximum atomic E-state index is 12.0. The Morgan fingerprint density at radius 3 is 2.82 bits per heavy atom. The maximum absolute atomic E-state index is 12.0. The molecule has 1 aliphatic carbocycles. The molecule has 0 radical (unpaired) electrons. The molecule has 1 fully saturated rings. The summed E-state index contributed by atoms with van der Waals surface area (Å²) in [5.41, 5.74) is 6.01. The summed E-state index contributed by atoms with van der Waals surface area (Å²) in [5, 5.41) is 3.00. The molecular weight excluding hydrogens is 216 g/mol. The number of carbonyl (C=O) groups is 1. The van der Waals surface area contributed by atoms with Gasteiger partial charge in [0.1, 0.15) is 0 Å². The van der Waals surface area contributed by atoms with Crippen molar-refractivity contribution in [3.8, 4) is 0 Å². The molecule has 1 rings (SSSR count). The minimum Gasteiger partial charge on any atom is -0.384 e. The zero-order chi connectivity index (χ0) is 12.8. The number of nitrogens with two attached hydrogens (primary N) is 1. The molecule has 4 heteroatoms. The SMILES string of the molecule is COCC(C)CNC(=O)C1CCC(C)C(N)C1. The molecule has 0 heterocycles. The van der Waals surface area contributed by atoms with E-state index in [-0.39, 0.29) is 17.9 Å². The topological polar surface area (TPSA) is 64.3 Å². The van der Waals surface area contributed by atoms with E-state index in [0.717, 1.165) is 19.3 Å². The highest BCUT2D eigenvalue weighted by molar-refractivity contribution is 5.78. The van der Waals surface area contributed by atoms with E-state index < -0.39 is 0 Å². The van der Waals surface area contributed by atoms with Crippen LogP contribution in [0.3, 0.4) is 0 Å². The average molecular weight is 242 g/mol. The third kappa shape index (κ3) is 4.64. The van der Waals surface area contributed by atoms with Crippen molar-refractivity contribution in [1.29, 1.82) is 0 Å². The molecule has 0 bridgehead atoms. The van der Waals surface area contributed by atoms with Gasteiger partial charge in [0.15, 0.2) is 0 Å². The van der Waals surface area contributed by atoms with Gasteiger partial charge in [-0.1, -0.05) is 13.8 Å². The van der Waals surface area contributed by atoms with Crippen molar-refractivity contribution in [2.75, 3.05) is 20.3 Å². The number of methoxy groups -OCH3 is 1. The molecule has 1 saturated carbocycles. The first kappa shape index (κ1) is 14.5. The molecule has 1 aliphatic rings. The summed E-state index contributed by atoms with van der Waals surface area (Å²) in [6, 6.07) is 0.177. The molecule has 17 heavy (non-hydrogen) atoms. The third-order valence-electron chi connectivity index (χ3n) is 3.70. The standard InChI is InChI=1S/C13H26N2O2/c1-9(8-17-3)7-15-13(16)11-5-4-10(2)12(14)6-11/h9-12H,4-8,14H2,1-3H3,(H,15,16). The van der Waals surface area contributed by atoms with Crippen LogP contribution in [0, 0.1) is 17.8 Å². The van der Waals surface area contributed by atoms with E-state index in [1.807, 2.05) is 0 Å². The van der Waals surface area contributed by atoms with Gasteiger partial charge in [0, 0.05) is 25.6 Å². The van der Waals surface area contributed by atoms with E-state index in [2.05, 4.69) is 19.2 Å². The van der Waals surface area contributed by atoms with Gasteiger partial charge in [0.05, 0.1) is 6.61 Å². The highest BCUT2D eigenvalue weighted by Gasteiger charge is 2.29. The number of rotatable bonds is 5. The third-order valence-corrected chi connectivity index (χ3v) is 3.70. The number of ether oxygens (including phenoxy) is 1. The molecule has 100 valence electrons. The van der Waals surface area contributed by atoms with Crippen molar-refractivity contribution < 1.29 is 9.53 Å². The number of hydrogen-bond acceptors (Lipinski definition) is 3. The molecule has 1 amide bonds. The van der Waals surface area contributed by atoms with Gasteiger partial charge < -0.3 is 15.8 Å². The number of nitrogens with one attached hydrogen (secondary N) is 1. The second-order valence-corrected chi connectivity index (χ2v) is 5.46. The predicted molar refractivity (Wildman–Crippen MR) is 68.5 cm³/mol. The fourth-order valence-corrected chi connectivity index (χ4v) is 2.36. The summed E-state index contributed by atoms with van der Waals surface area (Å²) in [6.07, 6.45) is 2.86. The second-order valence-electron chi connectivity index (χ2n) is 5.46. The number of amides is 1. The van der Waals surface area contributed by atoms with Gasteiger partial charge in [-0.2, -0.15) is 0 Å². The van der Waals surface area contributed by atoms with Crippen LogP contribution in [0.2, 0.25) is 0 Å². The monoisotopic (exact) mass is 242 g/mol. The molecule has 0 aromatic rings. The Hall–Kier alpha value is -0.610. The van der Waals surface area contributed by atoms with Crippen molar-refractivity contribution >= 4 is 5.91 Å². The van der Waals surface area contributed by atoms with E-state index in [1.54, 1.807) is 7.11 Å². The van der Waals surface area contributed by atoms with Gasteiger partial charge in [0.2, 0.25) is 5.91 Å². The lowest BCUT2D eigenvalue weighted by Gasteiger charge is -2.31. The average Bonchev–Trinajstić information content (AvgIpc) is 2.30. The van der Waals surface area contributed by atoms with Gasteiger partial charge in [-0.25, -0.2) is 0 Å². The van der Waals surface area contributed by atoms with Crippen LogP contribution in [-0.2, 0) is 9.53 Å². The van der Waals surface area contributed by atoms with Crippen molar-refractivity contribution in [1.82, 2.24) is 5.32 Å². The van der Waals surface area contributed by atoms with E-state index in [4.69, 9.17) is 10.5 Å². The van der Waals surface area contributed by atoms with Crippen LogP contribution in [0.5, 0.6) is 0 Å². The summed E-state index contributed by atoms with van der Waals surface area (Å²) in [4.78, 5) is 12.0. The Balaban J connectivity index is 2.28. The van der Waals surface area contributed by atoms with E-state index in [1.165, 1.54) is 0 Å². The number of hydrogen-bond donors (Lipinski definition) is 2. The van der Waals surface area contributed by atoms with Crippen LogP contribution in [0.4, 0.5) is 0 Å². The Morgan fingerprint density at radius 2 is 2.24 bits per heavy atom. The van der Waals surface area contributed by atoms with Gasteiger partial charge in [0.25, 0.3) is 0 Å². The summed E-state index contributed by atoms with van der Waals surface area (Å²) in [7, 11) is 1.68. The molecule has 0 spiro atoms.